The third-order valence-corrected chi connectivity index (χ3v) is 2.05. The third-order valence-electron chi connectivity index (χ3n) is 0.442. The molecule has 1 heterocycles. The first-order valence-electron chi connectivity index (χ1n) is 1.52. The second kappa shape index (κ2) is 1.93. The summed E-state index contributed by atoms with van der Waals surface area (Å²) in [5, 5.41) is 7.45. The molecule has 34 valence electrons. The van der Waals surface area contributed by atoms with Gasteiger partial charge in [-0.3, -0.25) is 0 Å². The summed E-state index contributed by atoms with van der Waals surface area (Å²) in [6.45, 7) is 0. The predicted octanol–water partition coefficient (Wildman–Crippen LogP) is 1.82. The van der Waals surface area contributed by atoms with Crippen LogP contribution in [-0.4, -0.2) is 10.2 Å². The van der Waals surface area contributed by atoms with E-state index in [4.69, 9.17) is 0 Å². The zero-order valence-electron chi connectivity index (χ0n) is 2.97. The van der Waals surface area contributed by atoms with E-state index in [1.807, 2.05) is 0 Å². The SMILES string of the molecule is BrC1N=NCS1. The zero-order valence-corrected chi connectivity index (χ0v) is 5.37. The largest absolute Gasteiger partial charge is 0.181 e. The van der Waals surface area contributed by atoms with Gasteiger partial charge in [-0.1, -0.05) is 11.8 Å². The smallest absolute Gasteiger partial charge is 0.172 e. The second-order valence-corrected chi connectivity index (χ2v) is 3.36. The van der Waals surface area contributed by atoms with Gasteiger partial charge in [-0.15, -0.1) is 0 Å². The Morgan fingerprint density at radius 2 is 2.67 bits per heavy atom. The van der Waals surface area contributed by atoms with E-state index in [0.29, 0.717) is 0 Å². The molecule has 0 aliphatic carbocycles. The molecule has 0 radical (unpaired) electrons. The summed E-state index contributed by atoms with van der Waals surface area (Å²) < 4.78 is 0.234. The van der Waals surface area contributed by atoms with E-state index in [2.05, 4.69) is 26.2 Å². The van der Waals surface area contributed by atoms with Crippen LogP contribution in [0.25, 0.3) is 0 Å². The summed E-state index contributed by atoms with van der Waals surface area (Å²) in [5.41, 5.74) is 0. The number of azo groups is 1. The fourth-order valence-corrected chi connectivity index (χ4v) is 1.10. The zero-order chi connectivity index (χ0) is 4.41. The third kappa shape index (κ3) is 0.944. The molecule has 0 aromatic heterocycles. The molecule has 0 fully saturated rings. The van der Waals surface area contributed by atoms with Crippen LogP contribution in [0.3, 0.4) is 0 Å². The number of alkyl halides is 1. The highest BCUT2D eigenvalue weighted by Gasteiger charge is 2.04. The van der Waals surface area contributed by atoms with E-state index in [9.17, 15) is 0 Å². The maximum absolute atomic E-state index is 3.74. The van der Waals surface area contributed by atoms with Crippen LogP contribution in [0.5, 0.6) is 0 Å². The molecule has 0 N–H and O–H groups in total. The van der Waals surface area contributed by atoms with Gasteiger partial charge in [-0.25, -0.2) is 0 Å². The Hall–Kier alpha value is 0.430. The summed E-state index contributed by atoms with van der Waals surface area (Å²) in [6, 6.07) is 0. The van der Waals surface area contributed by atoms with Gasteiger partial charge in [0.2, 0.25) is 0 Å². The summed E-state index contributed by atoms with van der Waals surface area (Å²) in [6.07, 6.45) is 0. The molecule has 2 nitrogen and oxygen atoms in total. The van der Waals surface area contributed by atoms with Gasteiger partial charge >= 0.3 is 0 Å². The molecule has 0 saturated carbocycles. The van der Waals surface area contributed by atoms with E-state index in [-0.39, 0.29) is 4.28 Å². The summed E-state index contributed by atoms with van der Waals surface area (Å²) in [5.74, 6) is 0.815. The average molecular weight is 167 g/mol. The first-order chi connectivity index (χ1) is 2.89. The van der Waals surface area contributed by atoms with Crippen molar-refractivity contribution in [1.29, 1.82) is 0 Å². The Kier molecular flexibility index (Phi) is 1.48. The van der Waals surface area contributed by atoms with Crippen LogP contribution in [0, 0.1) is 0 Å². The van der Waals surface area contributed by atoms with Crippen molar-refractivity contribution in [1.82, 2.24) is 0 Å². The molecular formula is C2H3BrN2S. The van der Waals surface area contributed by atoms with Gasteiger partial charge in [0.05, 0.1) is 0 Å². The van der Waals surface area contributed by atoms with E-state index in [1.165, 1.54) is 0 Å². The molecular weight excluding hydrogens is 164 g/mol. The number of hydrogen-bond acceptors (Lipinski definition) is 3. The molecule has 0 saturated heterocycles. The number of rotatable bonds is 0. The van der Waals surface area contributed by atoms with Crippen molar-refractivity contribution in [3.05, 3.63) is 0 Å². The van der Waals surface area contributed by atoms with Crippen molar-refractivity contribution < 1.29 is 0 Å². The Bertz CT molecular complexity index is 73.9. The van der Waals surface area contributed by atoms with Crippen LogP contribution in [0.1, 0.15) is 0 Å². The molecule has 1 aliphatic rings. The fraction of sp³-hybridized carbons (Fsp3) is 1.00. The molecule has 1 aliphatic heterocycles. The monoisotopic (exact) mass is 166 g/mol. The lowest BCUT2D eigenvalue weighted by molar-refractivity contribution is 1.09. The Balaban J connectivity index is 2.38. The van der Waals surface area contributed by atoms with E-state index < -0.39 is 0 Å². The maximum atomic E-state index is 3.74. The van der Waals surface area contributed by atoms with Gasteiger partial charge in [0, 0.05) is 0 Å². The molecule has 0 aromatic rings. The van der Waals surface area contributed by atoms with Crippen LogP contribution >= 0.6 is 27.7 Å². The molecule has 0 bridgehead atoms. The summed E-state index contributed by atoms with van der Waals surface area (Å²) >= 11 is 4.92. The predicted molar refractivity (Wildman–Crippen MR) is 30.0 cm³/mol. The molecule has 1 atom stereocenters. The van der Waals surface area contributed by atoms with Crippen LogP contribution in [0.2, 0.25) is 0 Å². The average Bonchev–Trinajstić information content (AvgIpc) is 1.86. The topological polar surface area (TPSA) is 24.7 Å². The fourth-order valence-electron chi connectivity index (χ4n) is 0.226. The van der Waals surface area contributed by atoms with Gasteiger partial charge in [-0.2, -0.15) is 10.2 Å². The summed E-state index contributed by atoms with van der Waals surface area (Å²) in [7, 11) is 0. The molecule has 4 heteroatoms. The van der Waals surface area contributed by atoms with Gasteiger partial charge in [0.1, 0.15) is 5.88 Å². The van der Waals surface area contributed by atoms with Gasteiger partial charge in [0.25, 0.3) is 0 Å². The Labute approximate surface area is 48.5 Å². The van der Waals surface area contributed by atoms with Crippen LogP contribution in [-0.2, 0) is 0 Å². The maximum Gasteiger partial charge on any atom is 0.172 e. The van der Waals surface area contributed by atoms with Crippen LogP contribution in [0.4, 0.5) is 0 Å². The van der Waals surface area contributed by atoms with E-state index in [1.54, 1.807) is 11.8 Å². The molecule has 0 spiro atoms. The standard InChI is InChI=1S/C2H3BrN2S/c3-2-5-4-1-6-2/h2H,1H2. The van der Waals surface area contributed by atoms with Crippen LogP contribution < -0.4 is 0 Å². The number of thioether (sulfide) groups is 1. The molecule has 6 heavy (non-hydrogen) atoms. The lowest BCUT2D eigenvalue weighted by Crippen LogP contribution is -1.71. The normalized spacial score (nSPS) is 31.8. The number of nitrogens with zero attached hydrogens (tertiary/aromatic N) is 2. The highest BCUT2D eigenvalue weighted by Crippen LogP contribution is 2.24. The molecule has 0 amide bonds. The molecule has 1 unspecified atom stereocenters. The van der Waals surface area contributed by atoms with Crippen LogP contribution in [0.15, 0.2) is 10.2 Å². The minimum absolute atomic E-state index is 0.234. The van der Waals surface area contributed by atoms with Crippen molar-refractivity contribution in [3.8, 4) is 0 Å². The highest BCUT2D eigenvalue weighted by molar-refractivity contribution is 9.11. The summed E-state index contributed by atoms with van der Waals surface area (Å²) in [4.78, 5) is 0. The first-order valence-corrected chi connectivity index (χ1v) is 3.48. The number of hydrogen-bond donors (Lipinski definition) is 0. The van der Waals surface area contributed by atoms with Crippen molar-refractivity contribution in [3.63, 3.8) is 0 Å². The quantitative estimate of drug-likeness (QED) is 0.399. The second-order valence-electron chi connectivity index (χ2n) is 0.845. The number of halogens is 1. The lowest BCUT2D eigenvalue weighted by Gasteiger charge is -1.82. The van der Waals surface area contributed by atoms with Gasteiger partial charge < -0.3 is 0 Å². The Morgan fingerprint density at radius 1 is 1.83 bits per heavy atom. The van der Waals surface area contributed by atoms with Gasteiger partial charge in [0.15, 0.2) is 4.28 Å². The van der Waals surface area contributed by atoms with Crippen molar-refractivity contribution >= 4 is 27.7 Å². The molecule has 0 aromatic carbocycles. The van der Waals surface area contributed by atoms with E-state index >= 15 is 0 Å². The van der Waals surface area contributed by atoms with Crippen molar-refractivity contribution in [2.45, 2.75) is 4.28 Å². The minimum Gasteiger partial charge on any atom is -0.181 e. The van der Waals surface area contributed by atoms with E-state index in [0.717, 1.165) is 5.88 Å². The molecule has 1 rings (SSSR count). The Morgan fingerprint density at radius 3 is 2.83 bits per heavy atom. The van der Waals surface area contributed by atoms with Crippen molar-refractivity contribution in [2.24, 2.45) is 10.2 Å². The van der Waals surface area contributed by atoms with Crippen molar-refractivity contribution in [2.75, 3.05) is 5.88 Å². The first kappa shape index (κ1) is 4.59. The highest BCUT2D eigenvalue weighted by atomic mass is 79.9. The minimum atomic E-state index is 0.234. The lowest BCUT2D eigenvalue weighted by atomic mass is 11.5. The van der Waals surface area contributed by atoms with Gasteiger partial charge in [-0.05, 0) is 15.9 Å².